The Morgan fingerprint density at radius 2 is 1.33 bits per heavy atom. The number of ether oxygens (including phenoxy) is 4. The molecular formula is C9H8Br2O4. The summed E-state index contributed by atoms with van der Waals surface area (Å²) in [5, 5.41) is 0. The lowest BCUT2D eigenvalue weighted by molar-refractivity contribution is 0.168. The molecule has 0 fully saturated rings. The van der Waals surface area contributed by atoms with Crippen molar-refractivity contribution in [3.63, 3.8) is 0 Å². The van der Waals surface area contributed by atoms with Gasteiger partial charge in [-0.1, -0.05) is 0 Å². The van der Waals surface area contributed by atoms with Gasteiger partial charge in [-0.3, -0.25) is 0 Å². The van der Waals surface area contributed by atoms with Crippen LogP contribution in [-0.4, -0.2) is 21.0 Å². The standard InChI is InChI=1S/C9H8Br2O4/c1-12-6-4(10)5(11)7(13-2)9-8(6)14-3-15-9/h3H2,1-2H3. The van der Waals surface area contributed by atoms with E-state index in [1.165, 1.54) is 0 Å². The lowest BCUT2D eigenvalue weighted by atomic mass is 10.2. The van der Waals surface area contributed by atoms with Crippen LogP contribution in [0.3, 0.4) is 0 Å². The molecule has 0 aliphatic carbocycles. The van der Waals surface area contributed by atoms with E-state index in [9.17, 15) is 0 Å². The molecule has 1 aromatic rings. The molecule has 0 unspecified atom stereocenters. The van der Waals surface area contributed by atoms with E-state index in [4.69, 9.17) is 18.9 Å². The number of halogens is 2. The van der Waals surface area contributed by atoms with Crippen LogP contribution in [0.2, 0.25) is 0 Å². The highest BCUT2D eigenvalue weighted by Crippen LogP contribution is 2.55. The highest BCUT2D eigenvalue weighted by atomic mass is 79.9. The van der Waals surface area contributed by atoms with Gasteiger partial charge < -0.3 is 18.9 Å². The summed E-state index contributed by atoms with van der Waals surface area (Å²) < 4.78 is 22.6. The maximum atomic E-state index is 5.32. The van der Waals surface area contributed by atoms with E-state index in [0.29, 0.717) is 23.0 Å². The van der Waals surface area contributed by atoms with E-state index >= 15 is 0 Å². The molecule has 2 rings (SSSR count). The van der Waals surface area contributed by atoms with Gasteiger partial charge >= 0.3 is 0 Å². The highest BCUT2D eigenvalue weighted by molar-refractivity contribution is 9.13. The van der Waals surface area contributed by atoms with E-state index in [1.807, 2.05) is 0 Å². The van der Waals surface area contributed by atoms with Gasteiger partial charge in [-0.15, -0.1) is 0 Å². The Hall–Kier alpha value is -0.620. The second kappa shape index (κ2) is 4.09. The van der Waals surface area contributed by atoms with Crippen molar-refractivity contribution in [2.24, 2.45) is 0 Å². The molecule has 0 atom stereocenters. The van der Waals surface area contributed by atoms with Crippen LogP contribution >= 0.6 is 31.9 Å². The lowest BCUT2D eigenvalue weighted by Crippen LogP contribution is -1.94. The first-order valence-corrected chi connectivity index (χ1v) is 5.67. The van der Waals surface area contributed by atoms with Crippen LogP contribution in [0.5, 0.6) is 23.0 Å². The molecule has 1 aromatic carbocycles. The monoisotopic (exact) mass is 338 g/mol. The fourth-order valence-corrected chi connectivity index (χ4v) is 2.42. The Bertz CT molecular complexity index is 369. The zero-order chi connectivity index (χ0) is 11.0. The van der Waals surface area contributed by atoms with Gasteiger partial charge in [-0.25, -0.2) is 0 Å². The molecule has 0 saturated heterocycles. The number of methoxy groups -OCH3 is 2. The zero-order valence-corrected chi connectivity index (χ0v) is 11.3. The van der Waals surface area contributed by atoms with Gasteiger partial charge in [0.25, 0.3) is 0 Å². The molecule has 82 valence electrons. The number of benzene rings is 1. The summed E-state index contributed by atoms with van der Waals surface area (Å²) in [4.78, 5) is 0. The molecule has 0 bridgehead atoms. The fourth-order valence-electron chi connectivity index (χ4n) is 1.38. The van der Waals surface area contributed by atoms with Gasteiger partial charge in [0, 0.05) is 0 Å². The van der Waals surface area contributed by atoms with E-state index < -0.39 is 0 Å². The van der Waals surface area contributed by atoms with Gasteiger partial charge in [0.15, 0.2) is 11.5 Å². The quantitative estimate of drug-likeness (QED) is 0.830. The first-order chi connectivity index (χ1) is 7.20. The minimum absolute atomic E-state index is 0.172. The molecule has 0 spiro atoms. The van der Waals surface area contributed by atoms with E-state index in [2.05, 4.69) is 31.9 Å². The smallest absolute Gasteiger partial charge is 0.231 e. The minimum Gasteiger partial charge on any atom is -0.492 e. The SMILES string of the molecule is COc1c(Br)c(Br)c(OC)c2c1OCO2. The number of fused-ring (bicyclic) bond motifs is 1. The summed E-state index contributed by atoms with van der Waals surface area (Å²) in [7, 11) is 3.14. The van der Waals surface area contributed by atoms with Crippen LogP contribution in [0, 0.1) is 0 Å². The van der Waals surface area contributed by atoms with E-state index in [1.54, 1.807) is 14.2 Å². The number of hydrogen-bond donors (Lipinski definition) is 0. The molecular weight excluding hydrogens is 332 g/mol. The van der Waals surface area contributed by atoms with Crippen LogP contribution in [-0.2, 0) is 0 Å². The summed E-state index contributed by atoms with van der Waals surface area (Å²) in [5.41, 5.74) is 0. The van der Waals surface area contributed by atoms with Crippen molar-refractivity contribution < 1.29 is 18.9 Å². The molecule has 0 amide bonds. The third-order valence-electron chi connectivity index (χ3n) is 2.02. The second-order valence-corrected chi connectivity index (χ2v) is 4.35. The summed E-state index contributed by atoms with van der Waals surface area (Å²) in [5.74, 6) is 2.30. The Kier molecular flexibility index (Phi) is 2.97. The largest absolute Gasteiger partial charge is 0.492 e. The van der Waals surface area contributed by atoms with Crippen LogP contribution in [0.15, 0.2) is 8.95 Å². The molecule has 4 nitrogen and oxygen atoms in total. The molecule has 6 heteroatoms. The summed E-state index contributed by atoms with van der Waals surface area (Å²) >= 11 is 6.80. The number of hydrogen-bond acceptors (Lipinski definition) is 4. The first kappa shape index (κ1) is 10.9. The molecule has 1 heterocycles. The Balaban J connectivity index is 2.72. The third kappa shape index (κ3) is 1.56. The van der Waals surface area contributed by atoms with Gasteiger partial charge in [0.05, 0.1) is 23.2 Å². The normalized spacial score (nSPS) is 12.8. The second-order valence-electron chi connectivity index (χ2n) is 2.76. The van der Waals surface area contributed by atoms with Gasteiger partial charge in [-0.2, -0.15) is 0 Å². The Morgan fingerprint density at radius 1 is 0.933 bits per heavy atom. The average Bonchev–Trinajstić information content (AvgIpc) is 2.69. The fraction of sp³-hybridized carbons (Fsp3) is 0.333. The summed E-state index contributed by atoms with van der Waals surface area (Å²) in [6.45, 7) is 0.172. The summed E-state index contributed by atoms with van der Waals surface area (Å²) in [6.07, 6.45) is 0. The topological polar surface area (TPSA) is 36.9 Å². The highest BCUT2D eigenvalue weighted by Gasteiger charge is 2.29. The van der Waals surface area contributed by atoms with Crippen molar-refractivity contribution in [1.29, 1.82) is 0 Å². The molecule has 0 radical (unpaired) electrons. The van der Waals surface area contributed by atoms with Crippen molar-refractivity contribution >= 4 is 31.9 Å². The minimum atomic E-state index is 0.172. The van der Waals surface area contributed by atoms with E-state index in [0.717, 1.165) is 8.95 Å². The van der Waals surface area contributed by atoms with Crippen molar-refractivity contribution in [3.8, 4) is 23.0 Å². The maximum absolute atomic E-state index is 5.32. The predicted molar refractivity (Wildman–Crippen MR) is 61.1 cm³/mol. The number of rotatable bonds is 2. The lowest BCUT2D eigenvalue weighted by Gasteiger charge is -2.12. The van der Waals surface area contributed by atoms with E-state index in [-0.39, 0.29) is 6.79 Å². The Labute approximate surface area is 104 Å². The first-order valence-electron chi connectivity index (χ1n) is 4.09. The van der Waals surface area contributed by atoms with Gasteiger partial charge in [0.2, 0.25) is 18.3 Å². The summed E-state index contributed by atoms with van der Waals surface area (Å²) in [6, 6.07) is 0. The van der Waals surface area contributed by atoms with Crippen LogP contribution in [0.4, 0.5) is 0 Å². The van der Waals surface area contributed by atoms with Crippen molar-refractivity contribution in [2.75, 3.05) is 21.0 Å². The van der Waals surface area contributed by atoms with Crippen molar-refractivity contribution in [3.05, 3.63) is 8.95 Å². The maximum Gasteiger partial charge on any atom is 0.231 e. The van der Waals surface area contributed by atoms with Crippen molar-refractivity contribution in [1.82, 2.24) is 0 Å². The van der Waals surface area contributed by atoms with Crippen molar-refractivity contribution in [2.45, 2.75) is 0 Å². The molecule has 1 aliphatic rings. The molecule has 0 N–H and O–H groups in total. The van der Waals surface area contributed by atoms with Crippen LogP contribution < -0.4 is 18.9 Å². The molecule has 1 aliphatic heterocycles. The molecule has 0 aromatic heterocycles. The van der Waals surface area contributed by atoms with Crippen LogP contribution in [0.25, 0.3) is 0 Å². The zero-order valence-electron chi connectivity index (χ0n) is 8.10. The predicted octanol–water partition coefficient (Wildman–Crippen LogP) is 2.96. The van der Waals surface area contributed by atoms with Gasteiger partial charge in [0.1, 0.15) is 0 Å². The van der Waals surface area contributed by atoms with Gasteiger partial charge in [-0.05, 0) is 31.9 Å². The molecule has 15 heavy (non-hydrogen) atoms. The Morgan fingerprint density at radius 3 is 1.67 bits per heavy atom. The molecule has 0 saturated carbocycles. The van der Waals surface area contributed by atoms with Crippen LogP contribution in [0.1, 0.15) is 0 Å². The average molecular weight is 340 g/mol. The third-order valence-corrected chi connectivity index (χ3v) is 4.07.